The molecule has 0 aliphatic carbocycles. The zero-order valence-electron chi connectivity index (χ0n) is 9.31. The van der Waals surface area contributed by atoms with Crippen LogP contribution in [-0.2, 0) is 0 Å². The van der Waals surface area contributed by atoms with Crippen molar-refractivity contribution in [1.29, 1.82) is 0 Å². The van der Waals surface area contributed by atoms with Crippen LogP contribution in [0.4, 0.5) is 4.39 Å². The van der Waals surface area contributed by atoms with E-state index in [1.807, 2.05) is 0 Å². The molecule has 0 radical (unpaired) electrons. The lowest BCUT2D eigenvalue weighted by Gasteiger charge is -2.15. The van der Waals surface area contributed by atoms with E-state index in [0.29, 0.717) is 11.3 Å². The minimum atomic E-state index is -0.445. The van der Waals surface area contributed by atoms with Crippen LogP contribution in [0.1, 0.15) is 17.2 Å². The van der Waals surface area contributed by atoms with Crippen molar-refractivity contribution < 1.29 is 13.5 Å². The lowest BCUT2D eigenvalue weighted by molar-refractivity contribution is 0.410. The summed E-state index contributed by atoms with van der Waals surface area (Å²) in [4.78, 5) is 0. The number of rotatable bonds is 4. The number of hydrogen-bond donors (Lipinski definition) is 2. The van der Waals surface area contributed by atoms with Crippen LogP contribution in [-0.4, -0.2) is 7.11 Å². The van der Waals surface area contributed by atoms with Gasteiger partial charge in [-0.25, -0.2) is 9.82 Å². The molecule has 1 unspecified atom stereocenters. The molecule has 0 amide bonds. The number of nitrogens with two attached hydrogens (primary N) is 1. The molecule has 0 aliphatic heterocycles. The van der Waals surface area contributed by atoms with Crippen molar-refractivity contribution in [2.45, 2.75) is 6.04 Å². The Morgan fingerprint density at radius 3 is 2.76 bits per heavy atom. The lowest BCUT2D eigenvalue weighted by atomic mass is 10.0. The third kappa shape index (κ3) is 2.30. The van der Waals surface area contributed by atoms with Crippen LogP contribution >= 0.6 is 0 Å². The maximum Gasteiger partial charge on any atom is 0.132 e. The van der Waals surface area contributed by atoms with Crippen LogP contribution in [0.2, 0.25) is 0 Å². The number of hydrazine groups is 1. The summed E-state index contributed by atoms with van der Waals surface area (Å²) in [6.45, 7) is 0. The van der Waals surface area contributed by atoms with Gasteiger partial charge in [-0.05, 0) is 12.1 Å². The van der Waals surface area contributed by atoms with Gasteiger partial charge in [-0.3, -0.25) is 5.84 Å². The van der Waals surface area contributed by atoms with Gasteiger partial charge in [0.1, 0.15) is 11.6 Å². The van der Waals surface area contributed by atoms with Gasteiger partial charge in [0, 0.05) is 17.2 Å². The van der Waals surface area contributed by atoms with Gasteiger partial charge in [0.2, 0.25) is 0 Å². The minimum absolute atomic E-state index is 0.381. The summed E-state index contributed by atoms with van der Waals surface area (Å²) in [6, 6.07) is 5.92. The minimum Gasteiger partial charge on any atom is -0.497 e. The number of benzene rings is 1. The van der Waals surface area contributed by atoms with Crippen molar-refractivity contribution in [1.82, 2.24) is 5.43 Å². The normalized spacial score (nSPS) is 12.4. The smallest absolute Gasteiger partial charge is 0.132 e. The monoisotopic (exact) mass is 236 g/mol. The molecule has 90 valence electrons. The highest BCUT2D eigenvalue weighted by Crippen LogP contribution is 2.26. The predicted molar refractivity (Wildman–Crippen MR) is 60.8 cm³/mol. The molecule has 0 bridgehead atoms. The second-order valence-corrected chi connectivity index (χ2v) is 3.54. The van der Waals surface area contributed by atoms with Gasteiger partial charge in [0.05, 0.1) is 25.7 Å². The number of furan rings is 1. The van der Waals surface area contributed by atoms with Gasteiger partial charge in [0.15, 0.2) is 0 Å². The van der Waals surface area contributed by atoms with E-state index in [-0.39, 0.29) is 5.82 Å². The summed E-state index contributed by atoms with van der Waals surface area (Å²) in [5.74, 6) is 5.53. The SMILES string of the molecule is COc1ccc(C(NN)c2ccoc2)c(F)c1. The molecular weight excluding hydrogens is 223 g/mol. The number of methoxy groups -OCH3 is 1. The van der Waals surface area contributed by atoms with E-state index in [9.17, 15) is 4.39 Å². The first-order valence-corrected chi connectivity index (χ1v) is 5.08. The van der Waals surface area contributed by atoms with E-state index in [4.69, 9.17) is 15.0 Å². The van der Waals surface area contributed by atoms with Crippen LogP contribution < -0.4 is 16.0 Å². The molecule has 0 aliphatic rings. The molecule has 1 aromatic carbocycles. The molecule has 5 heteroatoms. The topological polar surface area (TPSA) is 60.4 Å². The fourth-order valence-electron chi connectivity index (χ4n) is 1.67. The maximum atomic E-state index is 13.9. The van der Waals surface area contributed by atoms with Crippen LogP contribution in [0.15, 0.2) is 41.2 Å². The summed E-state index contributed by atoms with van der Waals surface area (Å²) in [5, 5.41) is 0. The molecule has 0 saturated carbocycles. The average Bonchev–Trinajstić information content (AvgIpc) is 2.85. The molecule has 0 spiro atoms. The number of nitrogens with one attached hydrogen (secondary N) is 1. The van der Waals surface area contributed by atoms with E-state index < -0.39 is 6.04 Å². The first-order chi connectivity index (χ1) is 8.26. The molecule has 17 heavy (non-hydrogen) atoms. The lowest BCUT2D eigenvalue weighted by Crippen LogP contribution is -2.29. The summed E-state index contributed by atoms with van der Waals surface area (Å²) >= 11 is 0. The summed E-state index contributed by atoms with van der Waals surface area (Å²) in [6.07, 6.45) is 3.04. The number of ether oxygens (including phenoxy) is 1. The standard InChI is InChI=1S/C12H13FN2O2/c1-16-9-2-3-10(11(13)6-9)12(15-14)8-4-5-17-7-8/h2-7,12,15H,14H2,1H3. The molecule has 4 nitrogen and oxygen atoms in total. The van der Waals surface area contributed by atoms with Crippen molar-refractivity contribution in [2.75, 3.05) is 7.11 Å². The van der Waals surface area contributed by atoms with Gasteiger partial charge >= 0.3 is 0 Å². The maximum absolute atomic E-state index is 13.9. The zero-order chi connectivity index (χ0) is 12.3. The molecule has 0 saturated heterocycles. The van der Waals surface area contributed by atoms with Gasteiger partial charge in [-0.15, -0.1) is 0 Å². The fourth-order valence-corrected chi connectivity index (χ4v) is 1.67. The molecular formula is C12H13FN2O2. The zero-order valence-corrected chi connectivity index (χ0v) is 9.31. The Hall–Kier alpha value is -1.85. The Labute approximate surface area is 98.2 Å². The van der Waals surface area contributed by atoms with Crippen LogP contribution in [0, 0.1) is 5.82 Å². The van der Waals surface area contributed by atoms with Gasteiger partial charge in [0.25, 0.3) is 0 Å². The summed E-state index contributed by atoms with van der Waals surface area (Å²) in [5.41, 5.74) is 3.76. The molecule has 2 rings (SSSR count). The number of hydrogen-bond acceptors (Lipinski definition) is 4. The highest BCUT2D eigenvalue weighted by Gasteiger charge is 2.17. The molecule has 2 aromatic rings. The number of halogens is 1. The Kier molecular flexibility index (Phi) is 3.41. The van der Waals surface area contributed by atoms with Crippen molar-refractivity contribution in [2.24, 2.45) is 5.84 Å². The predicted octanol–water partition coefficient (Wildman–Crippen LogP) is 1.98. The van der Waals surface area contributed by atoms with Gasteiger partial charge < -0.3 is 9.15 Å². The Morgan fingerprint density at radius 1 is 1.41 bits per heavy atom. The van der Waals surface area contributed by atoms with E-state index >= 15 is 0 Å². The van der Waals surface area contributed by atoms with Crippen molar-refractivity contribution >= 4 is 0 Å². The molecule has 1 heterocycles. The van der Waals surface area contributed by atoms with Crippen LogP contribution in [0.5, 0.6) is 5.75 Å². The highest BCUT2D eigenvalue weighted by molar-refractivity contribution is 5.35. The Bertz CT molecular complexity index is 485. The second kappa shape index (κ2) is 4.99. The molecule has 0 fully saturated rings. The van der Waals surface area contributed by atoms with Gasteiger partial charge in [-0.2, -0.15) is 0 Å². The van der Waals surface area contributed by atoms with Gasteiger partial charge in [-0.1, -0.05) is 6.07 Å². The van der Waals surface area contributed by atoms with E-state index in [2.05, 4.69) is 5.43 Å². The third-order valence-corrected chi connectivity index (χ3v) is 2.56. The largest absolute Gasteiger partial charge is 0.497 e. The first kappa shape index (κ1) is 11.6. The molecule has 1 aromatic heterocycles. The summed E-state index contributed by atoms with van der Waals surface area (Å²) in [7, 11) is 1.49. The van der Waals surface area contributed by atoms with Crippen molar-refractivity contribution in [3.8, 4) is 5.75 Å². The second-order valence-electron chi connectivity index (χ2n) is 3.54. The first-order valence-electron chi connectivity index (χ1n) is 5.08. The van der Waals surface area contributed by atoms with E-state index in [1.54, 1.807) is 18.2 Å². The molecule has 3 N–H and O–H groups in total. The van der Waals surface area contributed by atoms with Crippen LogP contribution in [0.25, 0.3) is 0 Å². The van der Waals surface area contributed by atoms with Crippen molar-refractivity contribution in [3.63, 3.8) is 0 Å². The summed E-state index contributed by atoms with van der Waals surface area (Å²) < 4.78 is 23.8. The highest BCUT2D eigenvalue weighted by atomic mass is 19.1. The van der Waals surface area contributed by atoms with Crippen molar-refractivity contribution in [3.05, 3.63) is 53.7 Å². The molecule has 1 atom stereocenters. The van der Waals surface area contributed by atoms with Crippen LogP contribution in [0.3, 0.4) is 0 Å². The quantitative estimate of drug-likeness (QED) is 0.629. The Balaban J connectivity index is 2.38. The third-order valence-electron chi connectivity index (χ3n) is 2.56. The Morgan fingerprint density at radius 2 is 2.24 bits per heavy atom. The fraction of sp³-hybridized carbons (Fsp3) is 0.167. The van der Waals surface area contributed by atoms with E-state index in [1.165, 1.54) is 25.7 Å². The average molecular weight is 236 g/mol. The van der Waals surface area contributed by atoms with E-state index in [0.717, 1.165) is 5.56 Å².